The number of nitrogens with two attached hydrogens (primary N) is 1. The van der Waals surface area contributed by atoms with Crippen molar-refractivity contribution in [1.29, 1.82) is 0 Å². The number of carbonyl (C=O) groups is 1. The molecule has 0 aliphatic heterocycles. The van der Waals surface area contributed by atoms with E-state index >= 15 is 0 Å². The van der Waals surface area contributed by atoms with Crippen LogP contribution in [-0.2, 0) is 4.79 Å². The van der Waals surface area contributed by atoms with Crippen molar-refractivity contribution in [2.45, 2.75) is 18.7 Å². The lowest BCUT2D eigenvalue weighted by Gasteiger charge is -2.24. The molecule has 0 aromatic carbocycles. The predicted molar refractivity (Wildman–Crippen MR) is 30.2 cm³/mol. The van der Waals surface area contributed by atoms with Gasteiger partial charge in [0, 0.05) is 6.42 Å². The molecule has 1 amide bonds. The molecule has 3 N–H and O–H groups in total. The van der Waals surface area contributed by atoms with E-state index in [1.54, 1.807) is 0 Å². The minimum atomic E-state index is -5.05. The summed E-state index contributed by atoms with van der Waals surface area (Å²) in [6, 6.07) is 0. The number of aliphatic hydroxyl groups is 1. The van der Waals surface area contributed by atoms with Crippen molar-refractivity contribution >= 4 is 5.91 Å². The van der Waals surface area contributed by atoms with Gasteiger partial charge in [0.2, 0.25) is 5.60 Å². The number of rotatable bonds is 2. The van der Waals surface area contributed by atoms with E-state index in [2.05, 4.69) is 5.73 Å². The molecule has 65 valence electrons. The number of carbonyl (C=O) groups excluding carboxylic acids is 1. The lowest BCUT2D eigenvalue weighted by atomic mass is 10.00. The van der Waals surface area contributed by atoms with Crippen molar-refractivity contribution in [3.05, 3.63) is 6.42 Å². The fourth-order valence-corrected chi connectivity index (χ4v) is 0.446. The van der Waals surface area contributed by atoms with Crippen LogP contribution >= 0.6 is 0 Å². The Hall–Kier alpha value is -0.780. The van der Waals surface area contributed by atoms with Crippen LogP contribution in [0.25, 0.3) is 0 Å². The van der Waals surface area contributed by atoms with Crippen molar-refractivity contribution in [2.75, 3.05) is 0 Å². The SMILES string of the molecule is C[CH][C@](O)(C(N)=O)C(F)(F)F. The second-order valence-corrected chi connectivity index (χ2v) is 1.92. The average Bonchev–Trinajstić information content (AvgIpc) is 1.83. The van der Waals surface area contributed by atoms with Gasteiger partial charge in [0.1, 0.15) is 0 Å². The number of halogens is 3. The molecule has 1 atom stereocenters. The zero-order chi connectivity index (χ0) is 9.28. The zero-order valence-electron chi connectivity index (χ0n) is 5.64. The molecule has 0 saturated heterocycles. The molecule has 11 heavy (non-hydrogen) atoms. The second-order valence-electron chi connectivity index (χ2n) is 1.92. The summed E-state index contributed by atoms with van der Waals surface area (Å²) in [6.45, 7) is 0.901. The van der Waals surface area contributed by atoms with Gasteiger partial charge in [-0.3, -0.25) is 4.79 Å². The molecule has 0 aliphatic carbocycles. The first-order chi connectivity index (χ1) is 4.75. The molecule has 0 aromatic heterocycles. The van der Waals surface area contributed by atoms with Gasteiger partial charge in [-0.25, -0.2) is 0 Å². The highest BCUT2D eigenvalue weighted by atomic mass is 19.4. The minimum Gasteiger partial charge on any atom is -0.372 e. The average molecular weight is 170 g/mol. The molecule has 0 bridgehead atoms. The molecular formula is C5H7F3NO2. The Morgan fingerprint density at radius 1 is 1.55 bits per heavy atom. The fraction of sp³-hybridized carbons (Fsp3) is 0.600. The van der Waals surface area contributed by atoms with Gasteiger partial charge < -0.3 is 10.8 Å². The third-order valence-electron chi connectivity index (χ3n) is 1.23. The molecule has 1 radical (unpaired) electrons. The van der Waals surface area contributed by atoms with E-state index in [1.807, 2.05) is 0 Å². The maximum absolute atomic E-state index is 11.8. The lowest BCUT2D eigenvalue weighted by Crippen LogP contribution is -2.55. The molecule has 0 unspecified atom stereocenters. The van der Waals surface area contributed by atoms with E-state index in [4.69, 9.17) is 5.11 Å². The summed E-state index contributed by atoms with van der Waals surface area (Å²) < 4.78 is 35.3. The standard InChI is InChI=1S/C5H7F3NO2/c1-2-4(11,3(9)10)5(6,7)8/h2,11H,1H3,(H2,9,10)/t4-/m0/s1. The van der Waals surface area contributed by atoms with Gasteiger partial charge in [-0.2, -0.15) is 13.2 Å². The molecule has 6 heteroatoms. The van der Waals surface area contributed by atoms with E-state index in [1.165, 1.54) is 0 Å². The Kier molecular flexibility index (Phi) is 2.50. The molecule has 0 heterocycles. The summed E-state index contributed by atoms with van der Waals surface area (Å²) in [5.41, 5.74) is 0.820. The molecule has 0 aliphatic rings. The summed E-state index contributed by atoms with van der Waals surface area (Å²) in [4.78, 5) is 10.1. The Balaban J connectivity index is 4.75. The monoisotopic (exact) mass is 170 g/mol. The van der Waals surface area contributed by atoms with Gasteiger partial charge in [0.15, 0.2) is 0 Å². The van der Waals surface area contributed by atoms with Gasteiger partial charge in [-0.15, -0.1) is 0 Å². The highest BCUT2D eigenvalue weighted by molar-refractivity contribution is 5.85. The van der Waals surface area contributed by atoms with Crippen LogP contribution in [0.4, 0.5) is 13.2 Å². The highest BCUT2D eigenvalue weighted by Gasteiger charge is 2.57. The fourth-order valence-electron chi connectivity index (χ4n) is 0.446. The van der Waals surface area contributed by atoms with Crippen LogP contribution in [0.1, 0.15) is 6.92 Å². The Labute approximate surface area is 61.0 Å². The highest BCUT2D eigenvalue weighted by Crippen LogP contribution is 2.31. The molecule has 0 fully saturated rings. The summed E-state index contributed by atoms with van der Waals surface area (Å²) >= 11 is 0. The van der Waals surface area contributed by atoms with Gasteiger partial charge in [-0.05, 0) is 0 Å². The molecule has 0 rings (SSSR count). The number of amides is 1. The number of alkyl halides is 3. The van der Waals surface area contributed by atoms with Crippen LogP contribution in [0.2, 0.25) is 0 Å². The van der Waals surface area contributed by atoms with Crippen LogP contribution in [0.3, 0.4) is 0 Å². The van der Waals surface area contributed by atoms with Crippen molar-refractivity contribution in [3.8, 4) is 0 Å². The van der Waals surface area contributed by atoms with Crippen LogP contribution in [0.15, 0.2) is 0 Å². The van der Waals surface area contributed by atoms with E-state index in [9.17, 15) is 18.0 Å². The first-order valence-corrected chi connectivity index (χ1v) is 2.65. The normalized spacial score (nSPS) is 17.5. The molecular weight excluding hydrogens is 163 g/mol. The van der Waals surface area contributed by atoms with Gasteiger partial charge >= 0.3 is 6.18 Å². The van der Waals surface area contributed by atoms with Gasteiger partial charge in [-0.1, -0.05) is 6.92 Å². The Morgan fingerprint density at radius 2 is 1.91 bits per heavy atom. The second kappa shape index (κ2) is 2.69. The molecule has 0 spiro atoms. The number of hydrogen-bond acceptors (Lipinski definition) is 2. The minimum absolute atomic E-state index is 0.301. The van der Waals surface area contributed by atoms with Crippen molar-refractivity contribution < 1.29 is 23.1 Å². The summed E-state index contributed by atoms with van der Waals surface area (Å²) in [5.74, 6) is -1.83. The number of hydrogen-bond donors (Lipinski definition) is 2. The third-order valence-corrected chi connectivity index (χ3v) is 1.23. The first kappa shape index (κ1) is 10.2. The van der Waals surface area contributed by atoms with Gasteiger partial charge in [0.25, 0.3) is 5.91 Å². The van der Waals surface area contributed by atoms with Crippen molar-refractivity contribution in [1.82, 2.24) is 0 Å². The first-order valence-electron chi connectivity index (χ1n) is 2.65. The number of primary amides is 1. The molecule has 0 aromatic rings. The van der Waals surface area contributed by atoms with Crippen molar-refractivity contribution in [3.63, 3.8) is 0 Å². The Bertz CT molecular complexity index is 168. The van der Waals surface area contributed by atoms with E-state index < -0.39 is 17.7 Å². The topological polar surface area (TPSA) is 63.3 Å². The van der Waals surface area contributed by atoms with Gasteiger partial charge in [0.05, 0.1) is 0 Å². The van der Waals surface area contributed by atoms with E-state index in [-0.39, 0.29) is 0 Å². The summed E-state index contributed by atoms with van der Waals surface area (Å²) in [7, 11) is 0. The van der Waals surface area contributed by atoms with Crippen LogP contribution in [-0.4, -0.2) is 22.8 Å². The maximum Gasteiger partial charge on any atom is 0.426 e. The molecule has 0 saturated carbocycles. The Morgan fingerprint density at radius 3 is 1.91 bits per heavy atom. The largest absolute Gasteiger partial charge is 0.426 e. The van der Waals surface area contributed by atoms with E-state index in [0.717, 1.165) is 6.92 Å². The third kappa shape index (κ3) is 1.62. The maximum atomic E-state index is 11.8. The summed E-state index contributed by atoms with van der Waals surface area (Å²) in [6.07, 6.45) is -4.75. The van der Waals surface area contributed by atoms with Crippen molar-refractivity contribution in [2.24, 2.45) is 5.73 Å². The van der Waals surface area contributed by atoms with Crippen LogP contribution in [0, 0.1) is 6.42 Å². The quantitative estimate of drug-likeness (QED) is 0.612. The lowest BCUT2D eigenvalue weighted by molar-refractivity contribution is -0.238. The molecule has 3 nitrogen and oxygen atoms in total. The van der Waals surface area contributed by atoms with E-state index in [0.29, 0.717) is 6.42 Å². The summed E-state index contributed by atoms with van der Waals surface area (Å²) in [5, 5.41) is 8.58. The predicted octanol–water partition coefficient (Wildman–Crippen LogP) is -0.0107. The zero-order valence-corrected chi connectivity index (χ0v) is 5.64. The van der Waals surface area contributed by atoms with Crippen LogP contribution in [0.5, 0.6) is 0 Å². The smallest absolute Gasteiger partial charge is 0.372 e. The van der Waals surface area contributed by atoms with Crippen LogP contribution < -0.4 is 5.73 Å².